The van der Waals surface area contributed by atoms with E-state index in [4.69, 9.17) is 33.7 Å². The molecule has 2 nitrogen and oxygen atoms in total. The lowest BCUT2D eigenvalue weighted by Crippen LogP contribution is -2.17. The number of rotatable bonds is 5. The second-order valence-corrected chi connectivity index (χ2v) is 6.65. The van der Waals surface area contributed by atoms with Gasteiger partial charge < -0.3 is 10.5 Å². The van der Waals surface area contributed by atoms with Crippen molar-refractivity contribution in [2.24, 2.45) is 5.73 Å². The van der Waals surface area contributed by atoms with Crippen LogP contribution in [-0.4, -0.2) is 6.04 Å². The number of thiophene rings is 1. The maximum Gasteiger partial charge on any atom is 0.138 e. The van der Waals surface area contributed by atoms with Crippen molar-refractivity contribution in [2.45, 2.75) is 26.0 Å². The molecule has 1 unspecified atom stereocenters. The van der Waals surface area contributed by atoms with Crippen LogP contribution < -0.4 is 10.5 Å². The number of ether oxygens (including phenoxy) is 1. The normalized spacial score (nSPS) is 12.4. The van der Waals surface area contributed by atoms with Crippen LogP contribution in [-0.2, 0) is 13.0 Å². The van der Waals surface area contributed by atoms with Crippen LogP contribution in [0, 0.1) is 0 Å². The molecule has 2 N–H and O–H groups in total. The van der Waals surface area contributed by atoms with E-state index in [2.05, 4.69) is 0 Å². The van der Waals surface area contributed by atoms with E-state index >= 15 is 0 Å². The first-order valence-electron chi connectivity index (χ1n) is 5.95. The van der Waals surface area contributed by atoms with Crippen LogP contribution in [0.15, 0.2) is 30.3 Å². The topological polar surface area (TPSA) is 35.2 Å². The van der Waals surface area contributed by atoms with Gasteiger partial charge in [0.1, 0.15) is 12.4 Å². The highest BCUT2D eigenvalue weighted by molar-refractivity contribution is 7.16. The summed E-state index contributed by atoms with van der Waals surface area (Å²) in [5, 5.41) is 0.612. The molecule has 2 rings (SSSR count). The lowest BCUT2D eigenvalue weighted by Gasteiger charge is -2.10. The highest BCUT2D eigenvalue weighted by Gasteiger charge is 2.06. The number of nitrogens with two attached hydrogens (primary N) is 1. The summed E-state index contributed by atoms with van der Waals surface area (Å²) in [7, 11) is 0. The molecule has 1 aromatic carbocycles. The number of halogens is 2. The predicted molar refractivity (Wildman–Crippen MR) is 82.5 cm³/mol. The van der Waals surface area contributed by atoms with Gasteiger partial charge in [0.15, 0.2) is 0 Å². The van der Waals surface area contributed by atoms with Crippen molar-refractivity contribution in [2.75, 3.05) is 0 Å². The SMILES string of the molecule is CC(N)Cc1ccc(OCc2ccc(Cl)s2)c(Cl)c1. The van der Waals surface area contributed by atoms with E-state index in [1.54, 1.807) is 0 Å². The van der Waals surface area contributed by atoms with Gasteiger partial charge in [0, 0.05) is 10.9 Å². The molecule has 0 aliphatic heterocycles. The Bertz CT molecular complexity index is 554. The number of benzene rings is 1. The quantitative estimate of drug-likeness (QED) is 0.880. The third-order valence-corrected chi connectivity index (χ3v) is 4.05. The van der Waals surface area contributed by atoms with Crippen LogP contribution in [0.4, 0.5) is 0 Å². The molecule has 2 aromatic rings. The Kier molecular flexibility index (Phi) is 5.11. The van der Waals surface area contributed by atoms with Gasteiger partial charge in [0.2, 0.25) is 0 Å². The molecule has 0 amide bonds. The zero-order valence-electron chi connectivity index (χ0n) is 10.5. The highest BCUT2D eigenvalue weighted by Crippen LogP contribution is 2.28. The first-order chi connectivity index (χ1) is 9.04. The van der Waals surface area contributed by atoms with Crippen LogP contribution in [0.3, 0.4) is 0 Å². The van der Waals surface area contributed by atoms with Crippen molar-refractivity contribution in [1.29, 1.82) is 0 Å². The van der Waals surface area contributed by atoms with Gasteiger partial charge in [0.05, 0.1) is 9.36 Å². The van der Waals surface area contributed by atoms with Crippen LogP contribution in [0.2, 0.25) is 9.36 Å². The third-order valence-electron chi connectivity index (χ3n) is 2.55. The standard InChI is InChI=1S/C14H15Cl2NOS/c1-9(17)6-10-2-4-13(12(15)7-10)18-8-11-3-5-14(16)19-11/h2-5,7,9H,6,8,17H2,1H3. The molecule has 1 aromatic heterocycles. The molecule has 0 fully saturated rings. The minimum atomic E-state index is 0.121. The molecular formula is C14H15Cl2NOS. The fourth-order valence-corrected chi connectivity index (χ4v) is 3.00. The summed E-state index contributed by atoms with van der Waals surface area (Å²) in [5.74, 6) is 0.680. The molecule has 0 aliphatic rings. The Balaban J connectivity index is 2.00. The smallest absolute Gasteiger partial charge is 0.138 e. The van der Waals surface area contributed by atoms with E-state index < -0.39 is 0 Å². The van der Waals surface area contributed by atoms with Crippen molar-refractivity contribution in [3.63, 3.8) is 0 Å². The van der Waals surface area contributed by atoms with Crippen molar-refractivity contribution in [3.05, 3.63) is 50.1 Å². The van der Waals surface area contributed by atoms with Gasteiger partial charge in [-0.15, -0.1) is 11.3 Å². The van der Waals surface area contributed by atoms with Gasteiger partial charge in [0.25, 0.3) is 0 Å². The summed E-state index contributed by atoms with van der Waals surface area (Å²) in [6.07, 6.45) is 0.806. The highest BCUT2D eigenvalue weighted by atomic mass is 35.5. The molecule has 0 spiro atoms. The van der Waals surface area contributed by atoms with Gasteiger partial charge in [-0.3, -0.25) is 0 Å². The molecule has 0 bridgehead atoms. The Hall–Kier alpha value is -0.740. The van der Waals surface area contributed by atoms with Gasteiger partial charge in [-0.05, 0) is 43.2 Å². The Morgan fingerprint density at radius 2 is 2.05 bits per heavy atom. The van der Waals surface area contributed by atoms with E-state index in [0.29, 0.717) is 17.4 Å². The molecule has 0 radical (unpaired) electrons. The molecular weight excluding hydrogens is 301 g/mol. The number of hydrogen-bond acceptors (Lipinski definition) is 3. The van der Waals surface area contributed by atoms with Crippen molar-refractivity contribution in [1.82, 2.24) is 0 Å². The summed E-state index contributed by atoms with van der Waals surface area (Å²) in [5.41, 5.74) is 6.88. The lowest BCUT2D eigenvalue weighted by molar-refractivity contribution is 0.310. The first kappa shape index (κ1) is 14.7. The lowest BCUT2D eigenvalue weighted by atomic mass is 10.1. The largest absolute Gasteiger partial charge is 0.487 e. The van der Waals surface area contributed by atoms with Gasteiger partial charge in [-0.25, -0.2) is 0 Å². The van der Waals surface area contributed by atoms with Crippen molar-refractivity contribution >= 4 is 34.5 Å². The van der Waals surface area contributed by atoms with E-state index in [-0.39, 0.29) is 6.04 Å². The van der Waals surface area contributed by atoms with E-state index in [0.717, 1.165) is 21.2 Å². The Labute approximate surface area is 127 Å². The fourth-order valence-electron chi connectivity index (χ4n) is 1.74. The zero-order valence-corrected chi connectivity index (χ0v) is 12.9. The van der Waals surface area contributed by atoms with Gasteiger partial charge in [-0.2, -0.15) is 0 Å². The van der Waals surface area contributed by atoms with Crippen LogP contribution in [0.25, 0.3) is 0 Å². The molecule has 5 heteroatoms. The van der Waals surface area contributed by atoms with Gasteiger partial charge in [-0.1, -0.05) is 29.3 Å². The molecule has 102 valence electrons. The van der Waals surface area contributed by atoms with Crippen LogP contribution >= 0.6 is 34.5 Å². The van der Waals surface area contributed by atoms with E-state index in [1.807, 2.05) is 37.3 Å². The maximum absolute atomic E-state index is 6.20. The first-order valence-corrected chi connectivity index (χ1v) is 7.53. The molecule has 0 saturated heterocycles. The average molecular weight is 316 g/mol. The average Bonchev–Trinajstić information content (AvgIpc) is 2.73. The second kappa shape index (κ2) is 6.62. The Morgan fingerprint density at radius 1 is 1.26 bits per heavy atom. The summed E-state index contributed by atoms with van der Waals surface area (Å²) < 4.78 is 6.45. The van der Waals surface area contributed by atoms with Crippen molar-refractivity contribution in [3.8, 4) is 5.75 Å². The fraction of sp³-hybridized carbons (Fsp3) is 0.286. The molecule has 0 saturated carbocycles. The summed E-state index contributed by atoms with van der Waals surface area (Å²) >= 11 is 13.6. The Morgan fingerprint density at radius 3 is 2.63 bits per heavy atom. The van der Waals surface area contributed by atoms with Crippen LogP contribution in [0.1, 0.15) is 17.4 Å². The summed E-state index contributed by atoms with van der Waals surface area (Å²) in [4.78, 5) is 1.07. The monoisotopic (exact) mass is 315 g/mol. The number of hydrogen-bond donors (Lipinski definition) is 1. The zero-order chi connectivity index (χ0) is 13.8. The van der Waals surface area contributed by atoms with Gasteiger partial charge >= 0.3 is 0 Å². The molecule has 0 aliphatic carbocycles. The second-order valence-electron chi connectivity index (χ2n) is 4.44. The minimum Gasteiger partial charge on any atom is -0.487 e. The summed E-state index contributed by atoms with van der Waals surface area (Å²) in [6, 6.07) is 9.71. The summed E-state index contributed by atoms with van der Waals surface area (Å²) in [6.45, 7) is 2.45. The minimum absolute atomic E-state index is 0.121. The third kappa shape index (κ3) is 4.39. The predicted octanol–water partition coefficient (Wildman–Crippen LogP) is 4.52. The van der Waals surface area contributed by atoms with Crippen molar-refractivity contribution < 1.29 is 4.74 Å². The molecule has 1 atom stereocenters. The van der Waals surface area contributed by atoms with Crippen LogP contribution in [0.5, 0.6) is 5.75 Å². The maximum atomic E-state index is 6.20. The van der Waals surface area contributed by atoms with E-state index in [9.17, 15) is 0 Å². The molecule has 1 heterocycles. The van der Waals surface area contributed by atoms with E-state index in [1.165, 1.54) is 11.3 Å². The molecule has 19 heavy (non-hydrogen) atoms.